The average Bonchev–Trinajstić information content (AvgIpc) is 2.88. The van der Waals surface area contributed by atoms with Gasteiger partial charge in [-0.25, -0.2) is 4.90 Å². The Balaban J connectivity index is 1.83. The molecule has 2 aromatic carbocycles. The summed E-state index contributed by atoms with van der Waals surface area (Å²) in [4.78, 5) is 37.1. The van der Waals surface area contributed by atoms with E-state index in [1.807, 2.05) is 0 Å². The summed E-state index contributed by atoms with van der Waals surface area (Å²) in [5.41, 5.74) is -0.954. The van der Waals surface area contributed by atoms with E-state index in [9.17, 15) is 32.7 Å². The van der Waals surface area contributed by atoms with Crippen LogP contribution in [-0.4, -0.2) is 23.0 Å². The number of anilines is 1. The molecule has 3 rings (SSSR count). The second kappa shape index (κ2) is 7.07. The van der Waals surface area contributed by atoms with E-state index in [2.05, 4.69) is 0 Å². The number of hydrogen-bond donors (Lipinski definition) is 0. The molecule has 1 saturated heterocycles. The Morgan fingerprint density at radius 2 is 1.70 bits per heavy atom. The van der Waals surface area contributed by atoms with E-state index < -0.39 is 34.8 Å². The second-order valence-electron chi connectivity index (χ2n) is 5.71. The topological polar surface area (TPSA) is 77.5 Å². The van der Waals surface area contributed by atoms with Crippen molar-refractivity contribution in [3.05, 3.63) is 59.7 Å². The minimum absolute atomic E-state index is 0.0364. The van der Waals surface area contributed by atoms with E-state index in [4.69, 9.17) is 0 Å². The SMILES string of the molecule is O=C([O-])c1ccccc1S[C@H]1CC(=O)N(c2ccc(C(F)(F)F)cc2)C1=O. The lowest BCUT2D eigenvalue weighted by Gasteiger charge is -2.16. The number of alkyl halides is 3. The van der Waals surface area contributed by atoms with E-state index >= 15 is 0 Å². The van der Waals surface area contributed by atoms with Crippen molar-refractivity contribution in [1.29, 1.82) is 0 Å². The molecule has 1 fully saturated rings. The van der Waals surface area contributed by atoms with Gasteiger partial charge in [-0.15, -0.1) is 11.8 Å². The standard InChI is InChI=1S/C18H12F3NO4S/c19-18(20,21)10-5-7-11(8-6-10)22-15(23)9-14(16(22)24)27-13-4-2-1-3-12(13)17(25)26/h1-8,14H,9H2,(H,25,26)/p-1/t14-/m0/s1. The highest BCUT2D eigenvalue weighted by Gasteiger charge is 2.40. The van der Waals surface area contributed by atoms with Crippen molar-refractivity contribution < 1.29 is 32.7 Å². The molecular formula is C18H11F3NO4S-. The third-order valence-electron chi connectivity index (χ3n) is 3.93. The van der Waals surface area contributed by atoms with Gasteiger partial charge in [0.1, 0.15) is 0 Å². The molecule has 1 heterocycles. The molecule has 0 aromatic heterocycles. The fraction of sp³-hybridized carbons (Fsp3) is 0.167. The van der Waals surface area contributed by atoms with Crippen LogP contribution in [0.3, 0.4) is 0 Å². The Labute approximate surface area is 155 Å². The van der Waals surface area contributed by atoms with Gasteiger partial charge in [0, 0.05) is 16.9 Å². The van der Waals surface area contributed by atoms with Gasteiger partial charge in [-0.3, -0.25) is 9.59 Å². The van der Waals surface area contributed by atoms with Crippen molar-refractivity contribution in [2.24, 2.45) is 0 Å². The van der Waals surface area contributed by atoms with Crippen LogP contribution >= 0.6 is 11.8 Å². The number of hydrogen-bond acceptors (Lipinski definition) is 5. The molecule has 2 aromatic rings. The van der Waals surface area contributed by atoms with Crippen LogP contribution in [0.15, 0.2) is 53.4 Å². The molecular weight excluding hydrogens is 383 g/mol. The Kier molecular flexibility index (Phi) is 4.97. The monoisotopic (exact) mass is 394 g/mol. The van der Waals surface area contributed by atoms with Crippen molar-refractivity contribution >= 4 is 35.2 Å². The van der Waals surface area contributed by atoms with E-state index in [-0.39, 0.29) is 22.6 Å². The van der Waals surface area contributed by atoms with Gasteiger partial charge < -0.3 is 9.90 Å². The molecule has 140 valence electrons. The number of thioether (sulfide) groups is 1. The van der Waals surface area contributed by atoms with E-state index in [0.29, 0.717) is 0 Å². The Hall–Kier alpha value is -2.81. The highest BCUT2D eigenvalue weighted by molar-refractivity contribution is 8.00. The summed E-state index contributed by atoms with van der Waals surface area (Å²) < 4.78 is 38.0. The zero-order valence-electron chi connectivity index (χ0n) is 13.5. The summed E-state index contributed by atoms with van der Waals surface area (Å²) in [7, 11) is 0. The van der Waals surface area contributed by atoms with Crippen LogP contribution in [0.25, 0.3) is 0 Å². The van der Waals surface area contributed by atoms with Crippen LogP contribution < -0.4 is 10.0 Å². The van der Waals surface area contributed by atoms with Gasteiger partial charge in [-0.2, -0.15) is 13.2 Å². The third-order valence-corrected chi connectivity index (χ3v) is 5.20. The first-order valence-electron chi connectivity index (χ1n) is 7.69. The quantitative estimate of drug-likeness (QED) is 0.745. The van der Waals surface area contributed by atoms with Gasteiger partial charge >= 0.3 is 6.18 Å². The summed E-state index contributed by atoms with van der Waals surface area (Å²) in [6, 6.07) is 9.61. The first-order valence-corrected chi connectivity index (χ1v) is 8.57. The fourth-order valence-corrected chi connectivity index (χ4v) is 3.83. The molecule has 0 spiro atoms. The maximum Gasteiger partial charge on any atom is 0.416 e. The lowest BCUT2D eigenvalue weighted by molar-refractivity contribution is -0.255. The number of halogens is 3. The summed E-state index contributed by atoms with van der Waals surface area (Å²) in [6.07, 6.45) is -4.71. The number of aromatic carboxylic acids is 1. The lowest BCUT2D eigenvalue weighted by atomic mass is 10.2. The van der Waals surface area contributed by atoms with Gasteiger partial charge in [-0.05, 0) is 30.3 Å². The summed E-state index contributed by atoms with van der Waals surface area (Å²) in [6.45, 7) is 0. The largest absolute Gasteiger partial charge is 0.545 e. The van der Waals surface area contributed by atoms with Gasteiger partial charge in [-0.1, -0.05) is 18.2 Å². The van der Waals surface area contributed by atoms with Gasteiger partial charge in [0.05, 0.1) is 22.5 Å². The average molecular weight is 394 g/mol. The fourth-order valence-electron chi connectivity index (χ4n) is 2.66. The Bertz CT molecular complexity index is 912. The maximum atomic E-state index is 12.7. The molecule has 0 saturated carbocycles. The number of carbonyl (C=O) groups excluding carboxylic acids is 3. The molecule has 1 aliphatic heterocycles. The van der Waals surface area contributed by atoms with E-state index in [0.717, 1.165) is 40.9 Å². The van der Waals surface area contributed by atoms with Gasteiger partial charge in [0.2, 0.25) is 11.8 Å². The van der Waals surface area contributed by atoms with Crippen LogP contribution in [0.2, 0.25) is 0 Å². The van der Waals surface area contributed by atoms with Crippen LogP contribution in [0, 0.1) is 0 Å². The number of nitrogens with zero attached hydrogens (tertiary/aromatic N) is 1. The van der Waals surface area contributed by atoms with E-state index in [1.54, 1.807) is 6.07 Å². The zero-order valence-corrected chi connectivity index (χ0v) is 14.3. The number of carbonyl (C=O) groups is 3. The molecule has 0 N–H and O–H groups in total. The van der Waals surface area contributed by atoms with Crippen molar-refractivity contribution in [2.45, 2.75) is 22.7 Å². The smallest absolute Gasteiger partial charge is 0.416 e. The second-order valence-corrected chi connectivity index (χ2v) is 6.95. The van der Waals surface area contributed by atoms with Crippen LogP contribution in [-0.2, 0) is 15.8 Å². The predicted molar refractivity (Wildman–Crippen MR) is 89.0 cm³/mol. The molecule has 2 amide bonds. The summed E-state index contributed by atoms with van der Waals surface area (Å²) >= 11 is 0.911. The number of imide groups is 1. The summed E-state index contributed by atoms with van der Waals surface area (Å²) in [5.74, 6) is -2.59. The third kappa shape index (κ3) is 3.82. The summed E-state index contributed by atoms with van der Waals surface area (Å²) in [5, 5.41) is 10.3. The normalized spacial score (nSPS) is 17.4. The zero-order chi connectivity index (χ0) is 19.8. The number of carboxylic acid groups (broad SMARTS) is 1. The number of amides is 2. The van der Waals surface area contributed by atoms with Crippen molar-refractivity contribution in [1.82, 2.24) is 0 Å². The Morgan fingerprint density at radius 1 is 1.07 bits per heavy atom. The molecule has 1 atom stereocenters. The van der Waals surface area contributed by atoms with Crippen molar-refractivity contribution in [3.8, 4) is 0 Å². The van der Waals surface area contributed by atoms with Crippen LogP contribution in [0.1, 0.15) is 22.3 Å². The van der Waals surface area contributed by atoms with Crippen LogP contribution in [0.4, 0.5) is 18.9 Å². The molecule has 9 heteroatoms. The minimum atomic E-state index is -4.52. The predicted octanol–water partition coefficient (Wildman–Crippen LogP) is 2.49. The molecule has 5 nitrogen and oxygen atoms in total. The number of carboxylic acids is 1. The maximum absolute atomic E-state index is 12.7. The minimum Gasteiger partial charge on any atom is -0.545 e. The van der Waals surface area contributed by atoms with Crippen molar-refractivity contribution in [3.63, 3.8) is 0 Å². The highest BCUT2D eigenvalue weighted by atomic mass is 32.2. The molecule has 0 bridgehead atoms. The number of benzene rings is 2. The lowest BCUT2D eigenvalue weighted by Crippen LogP contribution is -2.31. The molecule has 0 aliphatic carbocycles. The van der Waals surface area contributed by atoms with Crippen molar-refractivity contribution in [2.75, 3.05) is 4.90 Å². The highest BCUT2D eigenvalue weighted by Crippen LogP contribution is 2.36. The van der Waals surface area contributed by atoms with Crippen LogP contribution in [0.5, 0.6) is 0 Å². The van der Waals surface area contributed by atoms with Gasteiger partial charge in [0.25, 0.3) is 0 Å². The number of rotatable bonds is 4. The molecule has 0 unspecified atom stereocenters. The van der Waals surface area contributed by atoms with Gasteiger partial charge in [0.15, 0.2) is 0 Å². The van der Waals surface area contributed by atoms with E-state index in [1.165, 1.54) is 18.2 Å². The molecule has 1 aliphatic rings. The molecule has 0 radical (unpaired) electrons. The first-order chi connectivity index (χ1) is 12.7. The molecule has 27 heavy (non-hydrogen) atoms. The Morgan fingerprint density at radius 3 is 2.30 bits per heavy atom. The first kappa shape index (κ1) is 19.0.